The van der Waals surface area contributed by atoms with Crippen molar-refractivity contribution in [1.29, 1.82) is 0 Å². The Bertz CT molecular complexity index is 883. The maximum absolute atomic E-state index is 13.4. The molecule has 6 heteroatoms. The van der Waals surface area contributed by atoms with Crippen molar-refractivity contribution in [2.45, 2.75) is 65.5 Å². The maximum Gasteiger partial charge on any atom is 0.261 e. The topological polar surface area (TPSA) is 64.0 Å². The molecule has 0 spiro atoms. The molecule has 0 saturated heterocycles. The van der Waals surface area contributed by atoms with Crippen LogP contribution in [0.15, 0.2) is 29.3 Å². The first kappa shape index (κ1) is 19.5. The number of fused-ring (bicyclic) bond motifs is 1. The average molecular weight is 373 g/mol. The predicted octanol–water partition coefficient (Wildman–Crippen LogP) is 3.65. The van der Waals surface area contributed by atoms with E-state index < -0.39 is 11.4 Å². The molecule has 1 aromatic heterocycles. The van der Waals surface area contributed by atoms with Gasteiger partial charge in [0.1, 0.15) is 12.4 Å². The summed E-state index contributed by atoms with van der Waals surface area (Å²) >= 11 is 0. The fraction of sp³-hybridized carbons (Fsp3) is 0.571. The fourth-order valence-corrected chi connectivity index (χ4v) is 3.98. The third kappa shape index (κ3) is 4.37. The van der Waals surface area contributed by atoms with E-state index in [1.807, 2.05) is 0 Å². The Morgan fingerprint density at radius 1 is 1.30 bits per heavy atom. The molecule has 0 unspecified atom stereocenters. The van der Waals surface area contributed by atoms with Gasteiger partial charge in [-0.3, -0.25) is 14.2 Å². The highest BCUT2D eigenvalue weighted by Gasteiger charge is 2.32. The van der Waals surface area contributed by atoms with Crippen LogP contribution < -0.4 is 10.9 Å². The van der Waals surface area contributed by atoms with Crippen LogP contribution in [0, 0.1) is 17.2 Å². The Hall–Kier alpha value is -2.24. The van der Waals surface area contributed by atoms with Crippen molar-refractivity contribution in [3.63, 3.8) is 0 Å². The van der Waals surface area contributed by atoms with Crippen LogP contribution in [0.3, 0.4) is 0 Å². The maximum atomic E-state index is 13.4. The van der Waals surface area contributed by atoms with E-state index in [4.69, 9.17) is 0 Å². The van der Waals surface area contributed by atoms with Gasteiger partial charge in [-0.2, -0.15) is 0 Å². The lowest BCUT2D eigenvalue weighted by molar-refractivity contribution is -0.122. The summed E-state index contributed by atoms with van der Waals surface area (Å²) in [5.41, 5.74) is 0.367. The lowest BCUT2D eigenvalue weighted by Gasteiger charge is -2.39. The van der Waals surface area contributed by atoms with Gasteiger partial charge in [0.2, 0.25) is 5.91 Å². The van der Waals surface area contributed by atoms with E-state index in [1.54, 1.807) is 0 Å². The standard InChI is InChI=1S/C21H28FN3O2/c1-4-21(2,3)14-5-8-16(9-6-14)24-19(26)12-25-13-23-18-10-7-15(22)11-17(18)20(25)27/h7,10-11,13-14,16H,4-6,8-9,12H2,1-3H3,(H,24,26). The molecule has 27 heavy (non-hydrogen) atoms. The normalized spacial score (nSPS) is 20.6. The van der Waals surface area contributed by atoms with Gasteiger partial charge in [0.25, 0.3) is 5.56 Å². The van der Waals surface area contributed by atoms with Crippen molar-refractivity contribution >= 4 is 16.8 Å². The van der Waals surface area contributed by atoms with Crippen LogP contribution in [-0.2, 0) is 11.3 Å². The molecule has 1 heterocycles. The number of nitrogens with one attached hydrogen (secondary N) is 1. The van der Waals surface area contributed by atoms with E-state index in [2.05, 4.69) is 31.1 Å². The first-order valence-corrected chi connectivity index (χ1v) is 9.74. The molecule has 1 fully saturated rings. The number of aromatic nitrogens is 2. The molecule has 1 saturated carbocycles. The quantitative estimate of drug-likeness (QED) is 0.870. The van der Waals surface area contributed by atoms with Crippen LogP contribution in [0.1, 0.15) is 52.9 Å². The number of rotatable bonds is 5. The molecule has 2 aromatic rings. The average Bonchev–Trinajstić information content (AvgIpc) is 2.65. The smallest absolute Gasteiger partial charge is 0.261 e. The zero-order valence-electron chi connectivity index (χ0n) is 16.3. The molecule has 1 amide bonds. The van der Waals surface area contributed by atoms with Gasteiger partial charge in [0, 0.05) is 6.04 Å². The van der Waals surface area contributed by atoms with E-state index in [1.165, 1.54) is 23.0 Å². The Balaban J connectivity index is 1.61. The number of benzene rings is 1. The number of carbonyl (C=O) groups excluding carboxylic acids is 1. The summed E-state index contributed by atoms with van der Waals surface area (Å²) in [6.07, 6.45) is 6.67. The summed E-state index contributed by atoms with van der Waals surface area (Å²) in [4.78, 5) is 29.0. The number of nitrogens with zero attached hydrogens (tertiary/aromatic N) is 2. The summed E-state index contributed by atoms with van der Waals surface area (Å²) in [5, 5.41) is 3.23. The Morgan fingerprint density at radius 3 is 2.67 bits per heavy atom. The molecule has 1 aliphatic carbocycles. The summed E-state index contributed by atoms with van der Waals surface area (Å²) in [5.74, 6) is 0.000996. The van der Waals surface area contributed by atoms with E-state index in [0.717, 1.165) is 38.2 Å². The number of carbonyl (C=O) groups is 1. The van der Waals surface area contributed by atoms with Crippen molar-refractivity contribution in [1.82, 2.24) is 14.9 Å². The highest BCUT2D eigenvalue weighted by atomic mass is 19.1. The van der Waals surface area contributed by atoms with E-state index in [0.29, 0.717) is 16.8 Å². The van der Waals surface area contributed by atoms with Gasteiger partial charge in [-0.25, -0.2) is 9.37 Å². The number of amides is 1. The van der Waals surface area contributed by atoms with Crippen molar-refractivity contribution in [3.05, 3.63) is 40.7 Å². The van der Waals surface area contributed by atoms with Gasteiger partial charge >= 0.3 is 0 Å². The minimum Gasteiger partial charge on any atom is -0.352 e. The van der Waals surface area contributed by atoms with Crippen molar-refractivity contribution in [2.24, 2.45) is 11.3 Å². The van der Waals surface area contributed by atoms with Crippen LogP contribution in [0.25, 0.3) is 10.9 Å². The monoisotopic (exact) mass is 373 g/mol. The fourth-order valence-electron chi connectivity index (χ4n) is 3.98. The first-order valence-electron chi connectivity index (χ1n) is 9.74. The highest BCUT2D eigenvalue weighted by molar-refractivity contribution is 5.79. The van der Waals surface area contributed by atoms with Gasteiger partial charge in [-0.05, 0) is 55.2 Å². The van der Waals surface area contributed by atoms with Gasteiger partial charge in [-0.15, -0.1) is 0 Å². The van der Waals surface area contributed by atoms with Crippen LogP contribution in [0.2, 0.25) is 0 Å². The van der Waals surface area contributed by atoms with Gasteiger partial charge in [0.05, 0.1) is 17.2 Å². The molecule has 3 rings (SSSR count). The molecule has 1 aliphatic rings. The van der Waals surface area contributed by atoms with Gasteiger partial charge in [-0.1, -0.05) is 27.2 Å². The second-order valence-corrected chi connectivity index (χ2v) is 8.30. The zero-order chi connectivity index (χ0) is 19.6. The van der Waals surface area contributed by atoms with Crippen LogP contribution in [0.5, 0.6) is 0 Å². The molecule has 0 aliphatic heterocycles. The largest absolute Gasteiger partial charge is 0.352 e. The molecule has 0 atom stereocenters. The van der Waals surface area contributed by atoms with E-state index in [-0.39, 0.29) is 23.9 Å². The molecule has 5 nitrogen and oxygen atoms in total. The Labute approximate surface area is 159 Å². The van der Waals surface area contributed by atoms with Gasteiger partial charge in [0.15, 0.2) is 0 Å². The molecule has 0 bridgehead atoms. The van der Waals surface area contributed by atoms with Crippen molar-refractivity contribution in [2.75, 3.05) is 0 Å². The van der Waals surface area contributed by atoms with Crippen LogP contribution >= 0.6 is 0 Å². The number of hydrogen-bond acceptors (Lipinski definition) is 3. The van der Waals surface area contributed by atoms with Crippen molar-refractivity contribution < 1.29 is 9.18 Å². The lowest BCUT2D eigenvalue weighted by Crippen LogP contribution is -2.42. The number of halogens is 1. The second-order valence-electron chi connectivity index (χ2n) is 8.30. The number of hydrogen-bond donors (Lipinski definition) is 1. The molecule has 1 N–H and O–H groups in total. The minimum absolute atomic E-state index is 0.0985. The molecular weight excluding hydrogens is 345 g/mol. The Morgan fingerprint density at radius 2 is 2.00 bits per heavy atom. The molecule has 1 aromatic carbocycles. The van der Waals surface area contributed by atoms with E-state index in [9.17, 15) is 14.0 Å². The predicted molar refractivity (Wildman–Crippen MR) is 104 cm³/mol. The second kappa shape index (κ2) is 7.79. The lowest BCUT2D eigenvalue weighted by atomic mass is 9.69. The van der Waals surface area contributed by atoms with Crippen LogP contribution in [0.4, 0.5) is 4.39 Å². The van der Waals surface area contributed by atoms with Crippen molar-refractivity contribution in [3.8, 4) is 0 Å². The third-order valence-electron chi connectivity index (χ3n) is 6.21. The summed E-state index contributed by atoms with van der Waals surface area (Å²) in [6, 6.07) is 4.05. The SMILES string of the molecule is CCC(C)(C)C1CCC(NC(=O)Cn2cnc3ccc(F)cc3c2=O)CC1. The summed E-state index contributed by atoms with van der Waals surface area (Å²) < 4.78 is 14.6. The Kier molecular flexibility index (Phi) is 5.63. The first-order chi connectivity index (χ1) is 12.8. The minimum atomic E-state index is -0.490. The summed E-state index contributed by atoms with van der Waals surface area (Å²) in [6.45, 7) is 6.77. The zero-order valence-corrected chi connectivity index (χ0v) is 16.3. The summed E-state index contributed by atoms with van der Waals surface area (Å²) in [7, 11) is 0. The van der Waals surface area contributed by atoms with Gasteiger partial charge < -0.3 is 5.32 Å². The molecular formula is C21H28FN3O2. The molecule has 0 radical (unpaired) electrons. The van der Waals surface area contributed by atoms with E-state index >= 15 is 0 Å². The third-order valence-corrected chi connectivity index (χ3v) is 6.21. The van der Waals surface area contributed by atoms with Crippen LogP contribution in [-0.4, -0.2) is 21.5 Å². The molecule has 146 valence electrons. The highest BCUT2D eigenvalue weighted by Crippen LogP contribution is 2.40.